The van der Waals surface area contributed by atoms with Gasteiger partial charge in [0.25, 0.3) is 0 Å². The largest absolute Gasteiger partial charge is 0.385 e. The monoisotopic (exact) mass is 251 g/mol. The minimum atomic E-state index is 0.524. The summed E-state index contributed by atoms with van der Waals surface area (Å²) in [7, 11) is 0. The Morgan fingerprint density at radius 1 is 1.35 bits per heavy atom. The average molecular weight is 251 g/mol. The van der Waals surface area contributed by atoms with Gasteiger partial charge >= 0.3 is 0 Å². The summed E-state index contributed by atoms with van der Waals surface area (Å²) in [5.74, 6) is 0. The van der Waals surface area contributed by atoms with E-state index in [9.17, 15) is 0 Å². The lowest BCUT2D eigenvalue weighted by Crippen LogP contribution is -2.08. The van der Waals surface area contributed by atoms with E-state index in [-0.39, 0.29) is 0 Å². The Morgan fingerprint density at radius 3 is 2.82 bits per heavy atom. The van der Waals surface area contributed by atoms with E-state index in [0.29, 0.717) is 6.10 Å². The quantitative estimate of drug-likeness (QED) is 0.614. The van der Waals surface area contributed by atoms with E-state index in [4.69, 9.17) is 4.74 Å². The van der Waals surface area contributed by atoms with Gasteiger partial charge < -0.3 is 10.1 Å². The predicted octanol–water partition coefficient (Wildman–Crippen LogP) is 3.78. The van der Waals surface area contributed by atoms with Gasteiger partial charge in [-0.2, -0.15) is 0 Å². The minimum absolute atomic E-state index is 0.524. The van der Waals surface area contributed by atoms with Gasteiger partial charge in [0.1, 0.15) is 0 Å². The van der Waals surface area contributed by atoms with E-state index in [1.54, 1.807) is 11.8 Å². The number of nitrogens with one attached hydrogen (secondary N) is 1. The van der Waals surface area contributed by atoms with Crippen molar-refractivity contribution in [2.45, 2.75) is 36.7 Å². The summed E-state index contributed by atoms with van der Waals surface area (Å²) in [5, 5.41) is 3.46. The normalized spacial score (nSPS) is 19.5. The van der Waals surface area contributed by atoms with Crippen LogP contribution >= 0.6 is 11.8 Å². The summed E-state index contributed by atoms with van der Waals surface area (Å²) in [4.78, 5) is 1.31. The third kappa shape index (κ3) is 4.25. The first-order valence-corrected chi connectivity index (χ1v) is 7.60. The van der Waals surface area contributed by atoms with E-state index in [2.05, 4.69) is 35.8 Å². The molecule has 1 aliphatic heterocycles. The summed E-state index contributed by atoms with van der Waals surface area (Å²) in [5.41, 5.74) is 1.22. The number of hydrogen-bond donors (Lipinski definition) is 1. The molecule has 1 saturated heterocycles. The molecule has 1 aromatic rings. The maximum Gasteiger partial charge on any atom is 0.0576 e. The maximum absolute atomic E-state index is 5.60. The van der Waals surface area contributed by atoms with Crippen LogP contribution in [0.4, 0.5) is 5.69 Å². The molecule has 0 aromatic heterocycles. The van der Waals surface area contributed by atoms with Crippen LogP contribution < -0.4 is 5.32 Å². The highest BCUT2D eigenvalue weighted by molar-refractivity contribution is 7.98. The number of ether oxygens (including phenoxy) is 1. The van der Waals surface area contributed by atoms with Gasteiger partial charge in [-0.3, -0.25) is 0 Å². The number of anilines is 1. The van der Waals surface area contributed by atoms with Gasteiger partial charge in [-0.15, -0.1) is 11.8 Å². The Bertz CT molecular complexity index is 319. The first kappa shape index (κ1) is 12.8. The van der Waals surface area contributed by atoms with Crippen LogP contribution in [0.3, 0.4) is 0 Å². The number of benzene rings is 1. The van der Waals surface area contributed by atoms with Crippen LogP contribution in [0.5, 0.6) is 0 Å². The fourth-order valence-corrected chi connectivity index (χ4v) is 2.55. The molecule has 1 N–H and O–H groups in total. The Labute approximate surface area is 108 Å². The van der Waals surface area contributed by atoms with Crippen LogP contribution in [0.1, 0.15) is 25.7 Å². The smallest absolute Gasteiger partial charge is 0.0576 e. The van der Waals surface area contributed by atoms with Crippen LogP contribution in [0.15, 0.2) is 29.2 Å². The topological polar surface area (TPSA) is 21.3 Å². The summed E-state index contributed by atoms with van der Waals surface area (Å²) in [6.45, 7) is 2.01. The molecule has 94 valence electrons. The third-order valence-electron chi connectivity index (χ3n) is 3.15. The molecule has 0 amide bonds. The van der Waals surface area contributed by atoms with E-state index in [1.807, 2.05) is 0 Å². The molecule has 0 radical (unpaired) electrons. The molecule has 0 saturated carbocycles. The standard InChI is InChI=1S/C14H21NOS/c1-17-14-8-6-12(7-9-14)15-10-2-4-13-5-3-11-16-13/h6-9,13,15H,2-5,10-11H2,1H3. The average Bonchev–Trinajstić information content (AvgIpc) is 2.88. The highest BCUT2D eigenvalue weighted by Crippen LogP contribution is 2.19. The zero-order chi connectivity index (χ0) is 11.9. The van der Waals surface area contributed by atoms with Crippen molar-refractivity contribution in [2.75, 3.05) is 24.7 Å². The lowest BCUT2D eigenvalue weighted by Gasteiger charge is -2.10. The zero-order valence-corrected chi connectivity index (χ0v) is 11.3. The first-order chi connectivity index (χ1) is 8.38. The van der Waals surface area contributed by atoms with Crippen molar-refractivity contribution in [1.82, 2.24) is 0 Å². The van der Waals surface area contributed by atoms with Crippen LogP contribution in [0.25, 0.3) is 0 Å². The van der Waals surface area contributed by atoms with Crippen molar-refractivity contribution < 1.29 is 4.74 Å². The molecule has 1 heterocycles. The summed E-state index contributed by atoms with van der Waals surface area (Å²) in [6.07, 6.45) is 7.50. The van der Waals surface area contributed by atoms with Crippen LogP contribution in [-0.2, 0) is 4.74 Å². The lowest BCUT2D eigenvalue weighted by molar-refractivity contribution is 0.103. The van der Waals surface area contributed by atoms with Crippen LogP contribution in [0.2, 0.25) is 0 Å². The summed E-state index contributed by atoms with van der Waals surface area (Å²) in [6, 6.07) is 8.62. The van der Waals surface area contributed by atoms with Gasteiger partial charge in [-0.25, -0.2) is 0 Å². The molecule has 3 heteroatoms. The van der Waals surface area contributed by atoms with Crippen molar-refractivity contribution in [3.8, 4) is 0 Å². The molecule has 2 nitrogen and oxygen atoms in total. The van der Waals surface area contributed by atoms with Gasteiger partial charge in [0, 0.05) is 23.7 Å². The molecule has 1 aliphatic rings. The minimum Gasteiger partial charge on any atom is -0.385 e. The van der Waals surface area contributed by atoms with Gasteiger partial charge in [0.15, 0.2) is 0 Å². The van der Waals surface area contributed by atoms with Gasteiger partial charge in [0.2, 0.25) is 0 Å². The Morgan fingerprint density at radius 2 is 2.18 bits per heavy atom. The van der Waals surface area contributed by atoms with Crippen molar-refractivity contribution in [1.29, 1.82) is 0 Å². The highest BCUT2D eigenvalue weighted by atomic mass is 32.2. The van der Waals surface area contributed by atoms with Gasteiger partial charge in [0.05, 0.1) is 6.10 Å². The molecule has 0 bridgehead atoms. The third-order valence-corrected chi connectivity index (χ3v) is 3.89. The van der Waals surface area contributed by atoms with E-state index in [1.165, 1.54) is 36.3 Å². The van der Waals surface area contributed by atoms with Crippen LogP contribution in [-0.4, -0.2) is 25.5 Å². The summed E-state index contributed by atoms with van der Waals surface area (Å²) >= 11 is 1.78. The second-order valence-electron chi connectivity index (χ2n) is 4.43. The van der Waals surface area contributed by atoms with E-state index >= 15 is 0 Å². The van der Waals surface area contributed by atoms with E-state index in [0.717, 1.165) is 13.2 Å². The SMILES string of the molecule is CSc1ccc(NCCCC2CCCO2)cc1. The van der Waals surface area contributed by atoms with Gasteiger partial charge in [-0.05, 0) is 56.2 Å². The van der Waals surface area contributed by atoms with Crippen LogP contribution in [0, 0.1) is 0 Å². The molecule has 2 rings (SSSR count). The Hall–Kier alpha value is -0.670. The maximum atomic E-state index is 5.60. The first-order valence-electron chi connectivity index (χ1n) is 6.38. The van der Waals surface area contributed by atoms with Crippen molar-refractivity contribution in [3.63, 3.8) is 0 Å². The molecule has 1 unspecified atom stereocenters. The highest BCUT2D eigenvalue weighted by Gasteiger charge is 2.14. The van der Waals surface area contributed by atoms with Crippen molar-refractivity contribution >= 4 is 17.4 Å². The second-order valence-corrected chi connectivity index (χ2v) is 5.31. The molecule has 17 heavy (non-hydrogen) atoms. The molecule has 1 aromatic carbocycles. The van der Waals surface area contributed by atoms with Crippen molar-refractivity contribution in [2.24, 2.45) is 0 Å². The Balaban J connectivity index is 1.63. The molecular weight excluding hydrogens is 230 g/mol. The second kappa shape index (κ2) is 6.92. The molecule has 0 aliphatic carbocycles. The summed E-state index contributed by atoms with van der Waals surface area (Å²) < 4.78 is 5.60. The van der Waals surface area contributed by atoms with Gasteiger partial charge in [-0.1, -0.05) is 0 Å². The fourth-order valence-electron chi connectivity index (χ4n) is 2.14. The molecule has 0 spiro atoms. The molecule has 1 fully saturated rings. The number of hydrogen-bond acceptors (Lipinski definition) is 3. The van der Waals surface area contributed by atoms with Crippen molar-refractivity contribution in [3.05, 3.63) is 24.3 Å². The zero-order valence-electron chi connectivity index (χ0n) is 10.4. The molecular formula is C14H21NOS. The lowest BCUT2D eigenvalue weighted by atomic mass is 10.1. The number of rotatable bonds is 6. The fraction of sp³-hybridized carbons (Fsp3) is 0.571. The number of thioether (sulfide) groups is 1. The molecule has 1 atom stereocenters. The predicted molar refractivity (Wildman–Crippen MR) is 74.9 cm³/mol. The Kier molecular flexibility index (Phi) is 5.20. The van der Waals surface area contributed by atoms with E-state index < -0.39 is 0 Å².